The number of aliphatic imine (C=N–C) groups is 1. The lowest BCUT2D eigenvalue weighted by Gasteiger charge is -2.33. The zero-order chi connectivity index (χ0) is 47.2. The number of carboxylic acid groups (broad SMARTS) is 1. The number of carboxylic acids is 1. The van der Waals surface area contributed by atoms with Crippen molar-refractivity contribution < 1.29 is 48.9 Å². The molecule has 0 radical (unpaired) electrons. The van der Waals surface area contributed by atoms with Crippen LogP contribution >= 0.6 is 0 Å². The van der Waals surface area contributed by atoms with E-state index in [9.17, 15) is 48.9 Å². The molecule has 2 aliphatic rings. The first kappa shape index (κ1) is 52.8. The van der Waals surface area contributed by atoms with E-state index in [-0.39, 0.29) is 56.5 Å². The topological polar surface area (TPSA) is 325 Å². The van der Waals surface area contributed by atoms with E-state index in [1.807, 2.05) is 0 Å². The van der Waals surface area contributed by atoms with Crippen LogP contribution in [0.1, 0.15) is 122 Å². The number of likely N-dealkylation sites (tertiary alicyclic amines) is 2. The highest BCUT2D eigenvalue weighted by Crippen LogP contribution is 2.27. The summed E-state index contributed by atoms with van der Waals surface area (Å²) in [5, 5.41) is 40.5. The highest BCUT2D eigenvalue weighted by molar-refractivity contribution is 5.96. The maximum atomic E-state index is 14.3. The van der Waals surface area contributed by atoms with Gasteiger partial charge >= 0.3 is 5.97 Å². The van der Waals surface area contributed by atoms with Crippen molar-refractivity contribution in [3.8, 4) is 5.75 Å². The largest absolute Gasteiger partial charge is 0.508 e. The molecule has 2 heterocycles. The molecule has 13 N–H and O–H groups in total. The van der Waals surface area contributed by atoms with E-state index in [0.717, 1.165) is 31.2 Å². The molecule has 0 saturated carbocycles. The van der Waals surface area contributed by atoms with Gasteiger partial charge in [-0.15, -0.1) is 0 Å². The lowest BCUT2D eigenvalue weighted by Crippen LogP contribution is -2.59. The van der Waals surface area contributed by atoms with Crippen molar-refractivity contribution in [3.05, 3.63) is 29.8 Å². The minimum Gasteiger partial charge on any atom is -0.508 e. The number of aliphatic carboxylic acids is 1. The average Bonchev–Trinajstić information content (AvgIpc) is 3.96. The number of rotatable bonds is 28. The molecule has 7 atom stereocenters. The molecule has 1 aromatic rings. The van der Waals surface area contributed by atoms with Gasteiger partial charge in [-0.1, -0.05) is 57.6 Å². The van der Waals surface area contributed by atoms with Gasteiger partial charge in [0.1, 0.15) is 36.0 Å². The number of nitrogens with zero attached hydrogens (tertiary/aromatic N) is 3. The van der Waals surface area contributed by atoms with E-state index >= 15 is 0 Å². The third-order valence-corrected chi connectivity index (χ3v) is 11.6. The fourth-order valence-electron chi connectivity index (χ4n) is 8.04. The van der Waals surface area contributed by atoms with Crippen LogP contribution in [0, 0.1) is 0 Å². The summed E-state index contributed by atoms with van der Waals surface area (Å²) in [6.07, 6.45) is 7.31. The van der Waals surface area contributed by atoms with Gasteiger partial charge in [0.05, 0.1) is 12.1 Å². The van der Waals surface area contributed by atoms with Crippen LogP contribution in [0.2, 0.25) is 0 Å². The van der Waals surface area contributed by atoms with Gasteiger partial charge in [-0.3, -0.25) is 33.8 Å². The van der Waals surface area contributed by atoms with Crippen LogP contribution < -0.4 is 38.5 Å². The standard InChI is InChI=1S/C44H72N10O10/c1-3-4-5-6-8-14-32(50-40(60)37(28(2)55)52-36(57)18-9-7-10-23-48-38(58)31(45)27-29-19-21-30(56)22-20-29)41(61)54-26-13-17-35(54)42(62)53-25-12-16-34(53)39(59)51-33(43(63)64)15-11-24-49-44(46)47/h19-22,28,31-35,37,55-56H,3-18,23-27,45H2,1-2H3,(H,48,58)(H,50,60)(H,51,59)(H,52,57)(H,63,64)(H4,46,47,49)/t28?,31?,32?,33-,34?,35?,37?/m1/s1. The predicted octanol–water partition coefficient (Wildman–Crippen LogP) is 0.255. The first-order valence-corrected chi connectivity index (χ1v) is 22.8. The van der Waals surface area contributed by atoms with Crippen LogP contribution in [-0.4, -0.2) is 141 Å². The van der Waals surface area contributed by atoms with Gasteiger partial charge in [-0.25, -0.2) is 4.79 Å². The highest BCUT2D eigenvalue weighted by Gasteiger charge is 2.44. The van der Waals surface area contributed by atoms with Crippen molar-refractivity contribution in [2.75, 3.05) is 26.2 Å². The van der Waals surface area contributed by atoms with Crippen LogP contribution in [0.15, 0.2) is 29.3 Å². The monoisotopic (exact) mass is 901 g/mol. The Morgan fingerprint density at radius 1 is 0.797 bits per heavy atom. The number of guanidine groups is 1. The maximum absolute atomic E-state index is 14.3. The summed E-state index contributed by atoms with van der Waals surface area (Å²) >= 11 is 0. The molecule has 6 amide bonds. The number of carbonyl (C=O) groups is 7. The van der Waals surface area contributed by atoms with Crippen molar-refractivity contribution in [2.45, 2.75) is 165 Å². The summed E-state index contributed by atoms with van der Waals surface area (Å²) in [4.78, 5) is 99.7. The molecule has 6 unspecified atom stereocenters. The molecule has 0 aliphatic carbocycles. The minimum absolute atomic E-state index is 0.0497. The second-order valence-electron chi connectivity index (χ2n) is 16.9. The van der Waals surface area contributed by atoms with Gasteiger partial charge < -0.3 is 63.6 Å². The predicted molar refractivity (Wildman–Crippen MR) is 239 cm³/mol. The number of carbonyl (C=O) groups excluding carboxylic acids is 6. The fraction of sp³-hybridized carbons (Fsp3) is 0.682. The number of amides is 6. The summed E-state index contributed by atoms with van der Waals surface area (Å²) in [6.45, 7) is 4.47. The third kappa shape index (κ3) is 17.6. The summed E-state index contributed by atoms with van der Waals surface area (Å²) in [7, 11) is 0. The smallest absolute Gasteiger partial charge is 0.326 e. The summed E-state index contributed by atoms with van der Waals surface area (Å²) in [5.41, 5.74) is 17.5. The summed E-state index contributed by atoms with van der Waals surface area (Å²) < 4.78 is 0. The number of hydrogen-bond donors (Lipinski definition) is 10. The molecule has 2 aliphatic heterocycles. The number of nitrogens with two attached hydrogens (primary N) is 3. The normalized spacial score (nSPS) is 18.2. The molecule has 358 valence electrons. The third-order valence-electron chi connectivity index (χ3n) is 11.6. The van der Waals surface area contributed by atoms with Gasteiger partial charge in [0.2, 0.25) is 35.4 Å². The first-order valence-electron chi connectivity index (χ1n) is 22.8. The lowest BCUT2D eigenvalue weighted by atomic mass is 10.0. The Kier molecular flexibility index (Phi) is 22.8. The van der Waals surface area contributed by atoms with Crippen molar-refractivity contribution in [2.24, 2.45) is 22.2 Å². The van der Waals surface area contributed by atoms with Crippen molar-refractivity contribution >= 4 is 47.4 Å². The van der Waals surface area contributed by atoms with Crippen LogP contribution in [-0.2, 0) is 40.0 Å². The number of phenolic OH excluding ortho intramolecular Hbond substituents is 1. The molecular weight excluding hydrogens is 829 g/mol. The molecule has 3 rings (SSSR count). The van der Waals surface area contributed by atoms with E-state index in [4.69, 9.17) is 17.2 Å². The van der Waals surface area contributed by atoms with Crippen molar-refractivity contribution in [1.29, 1.82) is 0 Å². The van der Waals surface area contributed by atoms with E-state index < -0.39 is 77.9 Å². The molecule has 0 spiro atoms. The maximum Gasteiger partial charge on any atom is 0.326 e. The average molecular weight is 901 g/mol. The van der Waals surface area contributed by atoms with Crippen LogP contribution in [0.25, 0.3) is 0 Å². The molecule has 2 saturated heterocycles. The Labute approximate surface area is 375 Å². The van der Waals surface area contributed by atoms with Gasteiger partial charge in [0.15, 0.2) is 5.96 Å². The van der Waals surface area contributed by atoms with E-state index in [2.05, 4.69) is 33.2 Å². The lowest BCUT2D eigenvalue weighted by molar-refractivity contribution is -0.149. The summed E-state index contributed by atoms with van der Waals surface area (Å²) in [5.74, 6) is -4.28. The number of aliphatic hydroxyl groups is 1. The van der Waals surface area contributed by atoms with E-state index in [1.165, 1.54) is 28.9 Å². The number of aliphatic hydroxyl groups excluding tert-OH is 1. The molecule has 20 heteroatoms. The number of benzene rings is 1. The molecule has 20 nitrogen and oxygen atoms in total. The number of unbranched alkanes of at least 4 members (excludes halogenated alkanes) is 6. The number of hydrogen-bond acceptors (Lipinski definition) is 11. The van der Waals surface area contributed by atoms with Gasteiger partial charge in [0.25, 0.3) is 0 Å². The van der Waals surface area contributed by atoms with Crippen LogP contribution in [0.4, 0.5) is 0 Å². The number of aromatic hydroxyl groups is 1. The van der Waals surface area contributed by atoms with Crippen LogP contribution in [0.5, 0.6) is 5.75 Å². The molecule has 1 aromatic carbocycles. The summed E-state index contributed by atoms with van der Waals surface area (Å²) in [6, 6.07) is 0.210. The zero-order valence-electron chi connectivity index (χ0n) is 37.5. The van der Waals surface area contributed by atoms with Crippen molar-refractivity contribution in [1.82, 2.24) is 31.1 Å². The van der Waals surface area contributed by atoms with Gasteiger partial charge in [-0.05, 0) is 88.8 Å². The first-order chi connectivity index (χ1) is 30.5. The Balaban J connectivity index is 1.58. The molecule has 2 fully saturated rings. The Morgan fingerprint density at radius 3 is 2.09 bits per heavy atom. The molecule has 64 heavy (non-hydrogen) atoms. The molecule has 0 aromatic heterocycles. The second kappa shape index (κ2) is 27.6. The SMILES string of the molecule is CCCCCCCC(NC(=O)C(NC(=O)CCCCCNC(=O)C(N)Cc1ccc(O)cc1)C(C)O)C(=O)N1CCCC1C(=O)N1CCCC1C(=O)N[C@H](CCCN=C(N)N)C(=O)O. The molecule has 0 bridgehead atoms. The van der Waals surface area contributed by atoms with E-state index in [0.29, 0.717) is 70.8 Å². The van der Waals surface area contributed by atoms with Crippen LogP contribution in [0.3, 0.4) is 0 Å². The number of phenols is 1. The minimum atomic E-state index is -1.36. The van der Waals surface area contributed by atoms with Gasteiger partial charge in [-0.2, -0.15) is 0 Å². The quantitative estimate of drug-likeness (QED) is 0.0307. The van der Waals surface area contributed by atoms with Gasteiger partial charge in [0, 0.05) is 32.6 Å². The zero-order valence-corrected chi connectivity index (χ0v) is 37.5. The Hall–Kier alpha value is -5.50. The Morgan fingerprint density at radius 2 is 1.44 bits per heavy atom. The fourth-order valence-corrected chi connectivity index (χ4v) is 8.04. The van der Waals surface area contributed by atoms with Crippen molar-refractivity contribution in [3.63, 3.8) is 0 Å². The Bertz CT molecular complexity index is 1720. The molecular formula is C44H72N10O10. The highest BCUT2D eigenvalue weighted by atomic mass is 16.4. The number of nitrogens with one attached hydrogen (secondary N) is 4. The second-order valence-corrected chi connectivity index (χ2v) is 16.9. The van der Waals surface area contributed by atoms with E-state index in [1.54, 1.807) is 12.1 Å².